The number of halogens is 1. The molecule has 1 amide bonds. The van der Waals surface area contributed by atoms with Gasteiger partial charge in [-0.15, -0.1) is 11.8 Å². The highest BCUT2D eigenvalue weighted by Crippen LogP contribution is 2.23. The first-order valence-corrected chi connectivity index (χ1v) is 8.94. The third kappa shape index (κ3) is 4.01. The molecule has 3 aromatic rings. The van der Waals surface area contributed by atoms with E-state index in [-0.39, 0.29) is 5.91 Å². The summed E-state index contributed by atoms with van der Waals surface area (Å²) in [5.41, 5.74) is 0.838. The van der Waals surface area contributed by atoms with Crippen LogP contribution in [0.3, 0.4) is 0 Å². The van der Waals surface area contributed by atoms with Gasteiger partial charge in [0.05, 0.1) is 5.75 Å². The van der Waals surface area contributed by atoms with Crippen molar-refractivity contribution in [3.8, 4) is 0 Å². The number of nitrogens with one attached hydrogen (secondary N) is 1. The fraction of sp³-hybridized carbons (Fsp3) is 0.0556. The summed E-state index contributed by atoms with van der Waals surface area (Å²) in [6, 6.07) is 22.3. The Kier molecular flexibility index (Phi) is 5.00. The number of carbonyl (C=O) groups is 1. The van der Waals surface area contributed by atoms with Gasteiger partial charge in [-0.25, -0.2) is 0 Å². The molecule has 0 aliphatic heterocycles. The number of hydrogen-bond donors (Lipinski definition) is 1. The van der Waals surface area contributed by atoms with Crippen molar-refractivity contribution in [1.29, 1.82) is 0 Å². The SMILES string of the molecule is O=C(CSc1ccc2ccccc2c1)Nc1ccc(I)cc1. The number of hydrogen-bond acceptors (Lipinski definition) is 2. The van der Waals surface area contributed by atoms with E-state index in [1.807, 2.05) is 36.4 Å². The van der Waals surface area contributed by atoms with Crippen LogP contribution in [-0.4, -0.2) is 11.7 Å². The second kappa shape index (κ2) is 7.15. The van der Waals surface area contributed by atoms with Crippen molar-refractivity contribution in [2.75, 3.05) is 11.1 Å². The molecule has 0 spiro atoms. The highest BCUT2D eigenvalue weighted by atomic mass is 127. The van der Waals surface area contributed by atoms with Gasteiger partial charge in [0.2, 0.25) is 5.91 Å². The van der Waals surface area contributed by atoms with Crippen LogP contribution in [0.25, 0.3) is 10.8 Å². The van der Waals surface area contributed by atoms with E-state index in [0.29, 0.717) is 5.75 Å². The minimum Gasteiger partial charge on any atom is -0.325 e. The summed E-state index contributed by atoms with van der Waals surface area (Å²) < 4.78 is 1.15. The van der Waals surface area contributed by atoms with Crippen LogP contribution in [-0.2, 0) is 4.79 Å². The molecule has 0 bridgehead atoms. The summed E-state index contributed by atoms with van der Waals surface area (Å²) in [6.07, 6.45) is 0. The quantitative estimate of drug-likeness (QED) is 0.467. The Labute approximate surface area is 147 Å². The second-order valence-corrected chi connectivity index (χ2v) is 7.15. The van der Waals surface area contributed by atoms with Gasteiger partial charge >= 0.3 is 0 Å². The van der Waals surface area contributed by atoms with Crippen LogP contribution in [0.5, 0.6) is 0 Å². The van der Waals surface area contributed by atoms with Crippen molar-refractivity contribution in [2.24, 2.45) is 0 Å². The van der Waals surface area contributed by atoms with Crippen molar-refractivity contribution in [3.63, 3.8) is 0 Å². The predicted molar refractivity (Wildman–Crippen MR) is 102 cm³/mol. The largest absolute Gasteiger partial charge is 0.325 e. The van der Waals surface area contributed by atoms with Crippen LogP contribution in [0.4, 0.5) is 5.69 Å². The topological polar surface area (TPSA) is 29.1 Å². The standard InChI is InChI=1S/C18H14INOS/c19-15-6-8-16(9-7-15)20-18(21)12-22-17-10-5-13-3-1-2-4-14(13)11-17/h1-11H,12H2,(H,20,21). The predicted octanol–water partition coefficient (Wildman–Crippen LogP) is 5.18. The Balaban J connectivity index is 1.60. The zero-order valence-electron chi connectivity index (χ0n) is 11.8. The highest BCUT2D eigenvalue weighted by molar-refractivity contribution is 14.1. The van der Waals surface area contributed by atoms with E-state index >= 15 is 0 Å². The van der Waals surface area contributed by atoms with Gasteiger partial charge < -0.3 is 5.32 Å². The van der Waals surface area contributed by atoms with E-state index in [1.54, 1.807) is 11.8 Å². The molecule has 0 radical (unpaired) electrons. The smallest absolute Gasteiger partial charge is 0.234 e. The van der Waals surface area contributed by atoms with Gasteiger partial charge in [-0.2, -0.15) is 0 Å². The lowest BCUT2D eigenvalue weighted by molar-refractivity contribution is -0.113. The average Bonchev–Trinajstić information content (AvgIpc) is 2.55. The molecule has 110 valence electrons. The van der Waals surface area contributed by atoms with Crippen molar-refractivity contribution in [3.05, 3.63) is 70.3 Å². The maximum Gasteiger partial charge on any atom is 0.234 e. The number of amides is 1. The molecular formula is C18H14INOS. The van der Waals surface area contributed by atoms with Crippen molar-refractivity contribution in [1.82, 2.24) is 0 Å². The normalized spacial score (nSPS) is 10.6. The molecule has 0 aliphatic carbocycles. The van der Waals surface area contributed by atoms with E-state index in [1.165, 1.54) is 10.8 Å². The van der Waals surface area contributed by atoms with E-state index in [9.17, 15) is 4.79 Å². The lowest BCUT2D eigenvalue weighted by Gasteiger charge is -2.06. The summed E-state index contributed by atoms with van der Waals surface area (Å²) in [6.45, 7) is 0. The van der Waals surface area contributed by atoms with Crippen LogP contribution < -0.4 is 5.32 Å². The number of thioether (sulfide) groups is 1. The molecule has 0 saturated carbocycles. The van der Waals surface area contributed by atoms with Gasteiger partial charge in [0.25, 0.3) is 0 Å². The van der Waals surface area contributed by atoms with Crippen molar-refractivity contribution >= 4 is 56.7 Å². The Hall–Kier alpha value is -1.53. The van der Waals surface area contributed by atoms with E-state index < -0.39 is 0 Å². The van der Waals surface area contributed by atoms with Crippen molar-refractivity contribution < 1.29 is 4.79 Å². The molecule has 4 heteroatoms. The molecule has 22 heavy (non-hydrogen) atoms. The Morgan fingerprint density at radius 3 is 2.45 bits per heavy atom. The van der Waals surface area contributed by atoms with Gasteiger partial charge in [0.1, 0.15) is 0 Å². The summed E-state index contributed by atoms with van der Waals surface area (Å²) in [5, 5.41) is 5.33. The molecule has 0 fully saturated rings. The summed E-state index contributed by atoms with van der Waals surface area (Å²) in [4.78, 5) is 13.1. The van der Waals surface area contributed by atoms with Gasteiger partial charge in [-0.3, -0.25) is 4.79 Å². The van der Waals surface area contributed by atoms with Crippen molar-refractivity contribution in [2.45, 2.75) is 4.90 Å². The zero-order valence-corrected chi connectivity index (χ0v) is 14.7. The summed E-state index contributed by atoms with van der Waals surface area (Å²) in [7, 11) is 0. The maximum absolute atomic E-state index is 12.0. The Morgan fingerprint density at radius 1 is 0.955 bits per heavy atom. The Bertz CT molecular complexity index is 802. The second-order valence-electron chi connectivity index (χ2n) is 4.85. The monoisotopic (exact) mass is 419 g/mol. The lowest BCUT2D eigenvalue weighted by atomic mass is 10.1. The first kappa shape index (κ1) is 15.4. The number of carbonyl (C=O) groups excluding carboxylic acids is 1. The van der Waals surface area contributed by atoms with Gasteiger partial charge in [-0.05, 0) is 69.8 Å². The number of fused-ring (bicyclic) bond motifs is 1. The van der Waals surface area contributed by atoms with E-state index in [4.69, 9.17) is 0 Å². The number of anilines is 1. The number of rotatable bonds is 4. The molecule has 0 saturated heterocycles. The molecule has 0 unspecified atom stereocenters. The lowest BCUT2D eigenvalue weighted by Crippen LogP contribution is -2.13. The molecule has 2 nitrogen and oxygen atoms in total. The highest BCUT2D eigenvalue weighted by Gasteiger charge is 2.04. The summed E-state index contributed by atoms with van der Waals surface area (Å²) in [5.74, 6) is 0.420. The molecule has 0 atom stereocenters. The minimum atomic E-state index is 0.0133. The Morgan fingerprint density at radius 2 is 1.68 bits per heavy atom. The number of benzene rings is 3. The van der Waals surface area contributed by atoms with Crippen LogP contribution in [0, 0.1) is 3.57 Å². The molecule has 1 N–H and O–H groups in total. The molecular weight excluding hydrogens is 405 g/mol. The molecule has 0 aromatic heterocycles. The third-order valence-corrected chi connectivity index (χ3v) is 4.93. The maximum atomic E-state index is 12.0. The van der Waals surface area contributed by atoms with Crippen LogP contribution in [0.2, 0.25) is 0 Å². The van der Waals surface area contributed by atoms with Crippen LogP contribution >= 0.6 is 34.4 Å². The fourth-order valence-electron chi connectivity index (χ4n) is 2.14. The first-order chi connectivity index (χ1) is 10.7. The third-order valence-electron chi connectivity index (χ3n) is 3.22. The van der Waals surface area contributed by atoms with E-state index in [0.717, 1.165) is 14.2 Å². The van der Waals surface area contributed by atoms with Crippen LogP contribution in [0.15, 0.2) is 71.6 Å². The molecule has 3 aromatic carbocycles. The minimum absolute atomic E-state index is 0.0133. The van der Waals surface area contributed by atoms with Gasteiger partial charge in [0.15, 0.2) is 0 Å². The zero-order chi connectivity index (χ0) is 15.4. The molecule has 0 heterocycles. The fourth-order valence-corrected chi connectivity index (χ4v) is 3.24. The summed E-state index contributed by atoms with van der Waals surface area (Å²) >= 11 is 3.80. The van der Waals surface area contributed by atoms with Gasteiger partial charge in [0, 0.05) is 14.2 Å². The first-order valence-electron chi connectivity index (χ1n) is 6.88. The molecule has 3 rings (SSSR count). The van der Waals surface area contributed by atoms with Gasteiger partial charge in [-0.1, -0.05) is 30.3 Å². The average molecular weight is 419 g/mol. The van der Waals surface area contributed by atoms with Crippen LogP contribution in [0.1, 0.15) is 0 Å². The molecule has 0 aliphatic rings. The van der Waals surface area contributed by atoms with E-state index in [2.05, 4.69) is 58.2 Å².